The largest absolute Gasteiger partial charge is 0.496 e. The molecule has 0 radical (unpaired) electrons. The lowest BCUT2D eigenvalue weighted by molar-refractivity contribution is -0.145. The van der Waals surface area contributed by atoms with Crippen LogP contribution in [0.4, 0.5) is 0 Å². The Bertz CT molecular complexity index is 1530. The van der Waals surface area contributed by atoms with Crippen LogP contribution in [0.25, 0.3) is 10.9 Å². The summed E-state index contributed by atoms with van der Waals surface area (Å²) in [5, 5.41) is 6.24. The Balaban J connectivity index is 1.21. The van der Waals surface area contributed by atoms with Gasteiger partial charge < -0.3 is 19.7 Å². The van der Waals surface area contributed by atoms with Crippen LogP contribution in [0.5, 0.6) is 5.75 Å². The van der Waals surface area contributed by atoms with Crippen molar-refractivity contribution in [3.63, 3.8) is 0 Å². The van der Waals surface area contributed by atoms with Gasteiger partial charge in [0.15, 0.2) is 0 Å². The Morgan fingerprint density at radius 3 is 2.49 bits per heavy atom. The minimum absolute atomic E-state index is 0.130. The van der Waals surface area contributed by atoms with Crippen LogP contribution in [0.15, 0.2) is 66.0 Å². The zero-order valence-electron chi connectivity index (χ0n) is 23.0. The van der Waals surface area contributed by atoms with Crippen molar-refractivity contribution < 1.29 is 23.9 Å². The van der Waals surface area contributed by atoms with Gasteiger partial charge in [-0.2, -0.15) is 0 Å². The number of hydrogen-bond acceptors (Lipinski definition) is 8. The number of hydrogen-bond donors (Lipinski definition) is 1. The first-order valence-electron chi connectivity index (χ1n) is 13.7. The number of pyridine rings is 1. The summed E-state index contributed by atoms with van der Waals surface area (Å²) in [6, 6.07) is 18.0. The summed E-state index contributed by atoms with van der Waals surface area (Å²) in [6.07, 6.45) is 1.78. The Morgan fingerprint density at radius 2 is 1.76 bits per heavy atom. The first-order chi connectivity index (χ1) is 20.0. The fourth-order valence-electron chi connectivity index (χ4n) is 5.01. The van der Waals surface area contributed by atoms with Gasteiger partial charge in [-0.25, -0.2) is 14.8 Å². The van der Waals surface area contributed by atoms with Gasteiger partial charge in [-0.15, -0.1) is 11.3 Å². The molecule has 2 amide bonds. The fourth-order valence-corrected chi connectivity index (χ4v) is 5.98. The number of nitrogens with zero attached hydrogens (tertiary/aromatic N) is 3. The number of rotatable bonds is 9. The van der Waals surface area contributed by atoms with E-state index >= 15 is 0 Å². The average molecular weight is 573 g/mol. The molecule has 41 heavy (non-hydrogen) atoms. The molecular weight excluding hydrogens is 540 g/mol. The van der Waals surface area contributed by atoms with Crippen LogP contribution in [0, 0.1) is 0 Å². The molecule has 4 aromatic rings. The highest BCUT2D eigenvalue weighted by atomic mass is 32.1. The van der Waals surface area contributed by atoms with Gasteiger partial charge in [-0.1, -0.05) is 42.5 Å². The molecule has 1 aliphatic heterocycles. The summed E-state index contributed by atoms with van der Waals surface area (Å²) < 4.78 is 10.7. The highest BCUT2D eigenvalue weighted by Gasteiger charge is 2.29. The number of para-hydroxylation sites is 1. The number of nitrogens with one attached hydrogen (secondary N) is 1. The normalized spacial score (nSPS) is 14.4. The van der Waals surface area contributed by atoms with E-state index in [1.807, 2.05) is 59.5 Å². The molecule has 0 spiro atoms. The van der Waals surface area contributed by atoms with Crippen molar-refractivity contribution in [2.45, 2.75) is 38.1 Å². The van der Waals surface area contributed by atoms with Crippen molar-refractivity contribution in [1.82, 2.24) is 20.2 Å². The number of aromatic nitrogens is 2. The molecule has 1 N–H and O–H groups in total. The minimum atomic E-state index is -0.813. The van der Waals surface area contributed by atoms with Crippen LogP contribution in [-0.4, -0.2) is 65.5 Å². The second kappa shape index (κ2) is 12.9. The second-order valence-electron chi connectivity index (χ2n) is 9.83. The molecule has 3 heterocycles. The van der Waals surface area contributed by atoms with Gasteiger partial charge in [-0.3, -0.25) is 9.59 Å². The third kappa shape index (κ3) is 6.54. The number of carbonyl (C=O) groups excluding carboxylic acids is 3. The summed E-state index contributed by atoms with van der Waals surface area (Å²) in [4.78, 5) is 49.9. The topological polar surface area (TPSA) is 111 Å². The lowest BCUT2D eigenvalue weighted by Crippen LogP contribution is -2.43. The zero-order valence-corrected chi connectivity index (χ0v) is 23.9. The SMILES string of the molecule is CCOC(=O)C(Cc1ccccc1)NC(=O)c1csc(C2CCN(C(=O)c3cc(OC)c4ccccc4n3)CC2)n1. The number of piperidine rings is 1. The zero-order chi connectivity index (χ0) is 28.8. The van der Waals surface area contributed by atoms with Gasteiger partial charge in [0.1, 0.15) is 23.2 Å². The predicted octanol–water partition coefficient (Wildman–Crippen LogP) is 4.62. The van der Waals surface area contributed by atoms with Crippen molar-refractivity contribution in [1.29, 1.82) is 0 Å². The first-order valence-corrected chi connectivity index (χ1v) is 14.5. The molecular formula is C31H32N4O5S. The number of amides is 2. The van der Waals surface area contributed by atoms with Crippen LogP contribution >= 0.6 is 11.3 Å². The molecule has 10 heteroatoms. The maximum Gasteiger partial charge on any atom is 0.328 e. The van der Waals surface area contributed by atoms with Crippen LogP contribution in [0.3, 0.4) is 0 Å². The molecule has 5 rings (SSSR count). The number of ether oxygens (including phenoxy) is 2. The molecule has 1 saturated heterocycles. The summed E-state index contributed by atoms with van der Waals surface area (Å²) in [5.41, 5.74) is 2.27. The minimum Gasteiger partial charge on any atom is -0.496 e. The first kappa shape index (κ1) is 28.2. The molecule has 0 aliphatic carbocycles. The lowest BCUT2D eigenvalue weighted by Gasteiger charge is -2.31. The van der Waals surface area contributed by atoms with E-state index in [-0.39, 0.29) is 24.1 Å². The van der Waals surface area contributed by atoms with Crippen molar-refractivity contribution in [3.8, 4) is 5.75 Å². The molecule has 1 atom stereocenters. The van der Waals surface area contributed by atoms with E-state index in [4.69, 9.17) is 9.47 Å². The number of benzene rings is 2. The van der Waals surface area contributed by atoms with E-state index in [0.29, 0.717) is 36.5 Å². The van der Waals surface area contributed by atoms with E-state index in [0.717, 1.165) is 28.8 Å². The molecule has 2 aromatic carbocycles. The molecule has 0 bridgehead atoms. The molecule has 2 aromatic heterocycles. The van der Waals surface area contributed by atoms with Crippen LogP contribution in [0.1, 0.15) is 57.2 Å². The van der Waals surface area contributed by atoms with E-state index in [1.165, 1.54) is 11.3 Å². The molecule has 0 saturated carbocycles. The van der Waals surface area contributed by atoms with Gasteiger partial charge in [0.2, 0.25) is 0 Å². The standard InChI is InChI=1S/C31H32N4O5S/c1-3-40-31(38)25(17-20-9-5-4-6-10-20)33-28(36)26-19-41-29(34-26)21-13-15-35(16-14-21)30(37)24-18-27(39-2)22-11-7-8-12-23(22)32-24/h4-12,18-19,21,25H,3,13-17H2,1-2H3,(H,33,36). The number of methoxy groups -OCH3 is 1. The lowest BCUT2D eigenvalue weighted by atomic mass is 9.97. The average Bonchev–Trinajstić information content (AvgIpc) is 3.51. The highest BCUT2D eigenvalue weighted by Crippen LogP contribution is 2.32. The van der Waals surface area contributed by atoms with E-state index < -0.39 is 17.9 Å². The second-order valence-corrected chi connectivity index (χ2v) is 10.7. The fraction of sp³-hybridized carbons (Fsp3) is 0.323. The van der Waals surface area contributed by atoms with Gasteiger partial charge in [0.25, 0.3) is 11.8 Å². The van der Waals surface area contributed by atoms with Gasteiger partial charge in [0.05, 0.1) is 24.2 Å². The monoisotopic (exact) mass is 572 g/mol. The maximum absolute atomic E-state index is 13.3. The predicted molar refractivity (Wildman–Crippen MR) is 156 cm³/mol. The molecule has 1 fully saturated rings. The Morgan fingerprint density at radius 1 is 1.02 bits per heavy atom. The third-order valence-corrected chi connectivity index (χ3v) is 8.17. The number of fused-ring (bicyclic) bond motifs is 1. The smallest absolute Gasteiger partial charge is 0.328 e. The molecule has 9 nitrogen and oxygen atoms in total. The van der Waals surface area contributed by atoms with Crippen LogP contribution < -0.4 is 10.1 Å². The Labute approximate surface area is 242 Å². The van der Waals surface area contributed by atoms with E-state index in [9.17, 15) is 14.4 Å². The number of thiazole rings is 1. The number of likely N-dealkylation sites (tertiary alicyclic amines) is 1. The van der Waals surface area contributed by atoms with Crippen LogP contribution in [-0.2, 0) is 16.0 Å². The third-order valence-electron chi connectivity index (χ3n) is 7.16. The van der Waals surface area contributed by atoms with E-state index in [1.54, 1.807) is 25.5 Å². The van der Waals surface area contributed by atoms with Gasteiger partial charge in [0, 0.05) is 42.3 Å². The highest BCUT2D eigenvalue weighted by molar-refractivity contribution is 7.09. The van der Waals surface area contributed by atoms with E-state index in [2.05, 4.69) is 15.3 Å². The van der Waals surface area contributed by atoms with Crippen molar-refractivity contribution in [2.24, 2.45) is 0 Å². The summed E-state index contributed by atoms with van der Waals surface area (Å²) in [5.74, 6) is -0.262. The molecule has 1 aliphatic rings. The summed E-state index contributed by atoms with van der Waals surface area (Å²) in [6.45, 7) is 3.08. The quantitative estimate of drug-likeness (QED) is 0.291. The Hall–Kier alpha value is -4.31. The van der Waals surface area contributed by atoms with Crippen LogP contribution in [0.2, 0.25) is 0 Å². The molecule has 212 valence electrons. The molecule has 1 unspecified atom stereocenters. The summed E-state index contributed by atoms with van der Waals surface area (Å²) >= 11 is 1.43. The maximum atomic E-state index is 13.3. The summed E-state index contributed by atoms with van der Waals surface area (Å²) in [7, 11) is 1.59. The Kier molecular flexibility index (Phi) is 8.88. The van der Waals surface area contributed by atoms with Crippen molar-refractivity contribution >= 4 is 40.0 Å². The number of esters is 1. The van der Waals surface area contributed by atoms with Crippen molar-refractivity contribution in [2.75, 3.05) is 26.8 Å². The number of carbonyl (C=O) groups is 3. The van der Waals surface area contributed by atoms with Gasteiger partial charge >= 0.3 is 5.97 Å². The van der Waals surface area contributed by atoms with Gasteiger partial charge in [-0.05, 0) is 37.5 Å². The van der Waals surface area contributed by atoms with Crippen molar-refractivity contribution in [3.05, 3.63) is 88.0 Å².